The van der Waals surface area contributed by atoms with E-state index in [-0.39, 0.29) is 17.5 Å². The van der Waals surface area contributed by atoms with Crippen molar-refractivity contribution in [3.63, 3.8) is 0 Å². The van der Waals surface area contributed by atoms with Crippen molar-refractivity contribution < 1.29 is 13.6 Å². The Hall–Kier alpha value is -3.28. The number of aromatic nitrogens is 2. The summed E-state index contributed by atoms with van der Waals surface area (Å²) in [4.78, 5) is 16.6. The molecule has 0 saturated carbocycles. The molecule has 132 valence electrons. The number of imidazole rings is 1. The zero-order valence-electron chi connectivity index (χ0n) is 14.1. The molecule has 2 aromatic carbocycles. The molecule has 0 spiro atoms. The summed E-state index contributed by atoms with van der Waals surface area (Å²) in [6.07, 6.45) is 6.36. The monoisotopic (exact) mass is 353 g/mol. The summed E-state index contributed by atoms with van der Waals surface area (Å²) in [5.74, 6) is -0.403. The van der Waals surface area contributed by atoms with E-state index in [1.807, 2.05) is 7.05 Å². The van der Waals surface area contributed by atoms with Gasteiger partial charge in [-0.25, -0.2) is 13.8 Å². The Kier molecular flexibility index (Phi) is 5.22. The van der Waals surface area contributed by atoms with Crippen molar-refractivity contribution in [2.75, 3.05) is 0 Å². The van der Waals surface area contributed by atoms with E-state index < -0.39 is 6.04 Å². The third kappa shape index (κ3) is 4.22. The van der Waals surface area contributed by atoms with Crippen LogP contribution in [0.25, 0.3) is 6.08 Å². The zero-order chi connectivity index (χ0) is 18.5. The van der Waals surface area contributed by atoms with E-state index in [1.165, 1.54) is 30.3 Å². The molecule has 1 heterocycles. The second-order valence-corrected chi connectivity index (χ2v) is 5.77. The van der Waals surface area contributed by atoms with Gasteiger partial charge in [-0.05, 0) is 41.5 Å². The predicted octanol–water partition coefficient (Wildman–Crippen LogP) is 3.62. The van der Waals surface area contributed by atoms with Crippen molar-refractivity contribution in [1.29, 1.82) is 0 Å². The maximum Gasteiger partial charge on any atom is 0.244 e. The number of hydrogen-bond acceptors (Lipinski definition) is 2. The minimum atomic E-state index is -0.527. The predicted molar refractivity (Wildman–Crippen MR) is 95.0 cm³/mol. The first kappa shape index (κ1) is 17.5. The summed E-state index contributed by atoms with van der Waals surface area (Å²) < 4.78 is 27.9. The molecule has 0 aliphatic heterocycles. The fraction of sp³-hybridized carbons (Fsp3) is 0.100. The average Bonchev–Trinajstić information content (AvgIpc) is 3.06. The van der Waals surface area contributed by atoms with Gasteiger partial charge in [-0.3, -0.25) is 4.79 Å². The molecule has 3 aromatic rings. The van der Waals surface area contributed by atoms with Crippen LogP contribution in [0.2, 0.25) is 0 Å². The van der Waals surface area contributed by atoms with Crippen LogP contribution < -0.4 is 5.32 Å². The zero-order valence-corrected chi connectivity index (χ0v) is 14.1. The molecule has 6 heteroatoms. The van der Waals surface area contributed by atoms with Crippen molar-refractivity contribution in [3.05, 3.63) is 95.6 Å². The Labute approximate surface area is 149 Å². The number of rotatable bonds is 5. The highest BCUT2D eigenvalue weighted by Gasteiger charge is 2.19. The van der Waals surface area contributed by atoms with Crippen LogP contribution in [0.15, 0.2) is 67.0 Å². The topological polar surface area (TPSA) is 46.9 Å². The number of hydrogen-bond donors (Lipinski definition) is 1. The largest absolute Gasteiger partial charge is 0.339 e. The van der Waals surface area contributed by atoms with E-state index in [0.717, 1.165) is 0 Å². The van der Waals surface area contributed by atoms with Gasteiger partial charge in [0.15, 0.2) is 0 Å². The van der Waals surface area contributed by atoms with E-state index in [1.54, 1.807) is 47.3 Å². The Morgan fingerprint density at radius 1 is 1.08 bits per heavy atom. The number of amides is 1. The molecular formula is C20H17F2N3O. The van der Waals surface area contributed by atoms with Crippen molar-refractivity contribution in [1.82, 2.24) is 14.9 Å². The first-order valence-electron chi connectivity index (χ1n) is 8.00. The van der Waals surface area contributed by atoms with Gasteiger partial charge in [0, 0.05) is 25.5 Å². The number of nitrogens with zero attached hydrogens (tertiary/aromatic N) is 2. The Morgan fingerprint density at radius 3 is 2.27 bits per heavy atom. The van der Waals surface area contributed by atoms with Gasteiger partial charge in [-0.2, -0.15) is 0 Å². The second-order valence-electron chi connectivity index (χ2n) is 5.77. The maximum atomic E-state index is 13.2. The lowest BCUT2D eigenvalue weighted by Crippen LogP contribution is -2.29. The quantitative estimate of drug-likeness (QED) is 0.712. The Balaban J connectivity index is 1.81. The van der Waals surface area contributed by atoms with Gasteiger partial charge in [0.1, 0.15) is 23.5 Å². The van der Waals surface area contributed by atoms with Crippen molar-refractivity contribution in [2.24, 2.45) is 7.05 Å². The second kappa shape index (κ2) is 7.74. The summed E-state index contributed by atoms with van der Waals surface area (Å²) >= 11 is 0. The number of carbonyl (C=O) groups excluding carboxylic acids is 1. The first-order valence-corrected chi connectivity index (χ1v) is 8.00. The molecule has 0 saturated heterocycles. The summed E-state index contributed by atoms with van der Waals surface area (Å²) in [6, 6.07) is 11.2. The van der Waals surface area contributed by atoms with Gasteiger partial charge in [0.25, 0.3) is 0 Å². The molecule has 0 bridgehead atoms. The highest BCUT2D eigenvalue weighted by Crippen LogP contribution is 2.21. The normalized spacial score (nSPS) is 12.3. The van der Waals surface area contributed by atoms with Crippen LogP contribution in [0.1, 0.15) is 23.0 Å². The number of nitrogens with one attached hydrogen (secondary N) is 1. The van der Waals surface area contributed by atoms with Crippen molar-refractivity contribution >= 4 is 12.0 Å². The number of benzene rings is 2. The molecule has 3 rings (SSSR count). The molecule has 1 aromatic heterocycles. The van der Waals surface area contributed by atoms with Crippen molar-refractivity contribution in [3.8, 4) is 0 Å². The standard InChI is InChI=1S/C20H17F2N3O/c1-25-13-12-23-20(25)19(15-5-9-17(22)10-6-15)24-18(26)11-4-14-2-7-16(21)8-3-14/h2-13,19H,1H3,(H,24,26)/b11-4+. The third-order valence-electron chi connectivity index (χ3n) is 3.90. The first-order chi connectivity index (χ1) is 12.5. The minimum Gasteiger partial charge on any atom is -0.339 e. The summed E-state index contributed by atoms with van der Waals surface area (Å²) in [6.45, 7) is 0. The van der Waals surface area contributed by atoms with Gasteiger partial charge in [-0.15, -0.1) is 0 Å². The van der Waals surface area contributed by atoms with E-state index in [2.05, 4.69) is 10.3 Å². The third-order valence-corrected chi connectivity index (χ3v) is 3.90. The van der Waals surface area contributed by atoms with Crippen LogP contribution in [0.4, 0.5) is 8.78 Å². The van der Waals surface area contributed by atoms with E-state index in [0.29, 0.717) is 17.0 Å². The van der Waals surface area contributed by atoms with Gasteiger partial charge in [0.05, 0.1) is 0 Å². The Morgan fingerprint density at radius 2 is 1.69 bits per heavy atom. The van der Waals surface area contributed by atoms with Gasteiger partial charge >= 0.3 is 0 Å². The molecule has 26 heavy (non-hydrogen) atoms. The summed E-state index contributed by atoms with van der Waals surface area (Å²) in [7, 11) is 1.82. The lowest BCUT2D eigenvalue weighted by atomic mass is 10.1. The molecule has 0 aliphatic carbocycles. The van der Waals surface area contributed by atoms with Crippen LogP contribution in [0.5, 0.6) is 0 Å². The SMILES string of the molecule is Cn1ccnc1C(NC(=O)/C=C/c1ccc(F)cc1)c1ccc(F)cc1. The molecule has 1 unspecified atom stereocenters. The van der Waals surface area contributed by atoms with E-state index >= 15 is 0 Å². The lowest BCUT2D eigenvalue weighted by Gasteiger charge is -2.18. The Bertz CT molecular complexity index is 915. The lowest BCUT2D eigenvalue weighted by molar-refractivity contribution is -0.117. The van der Waals surface area contributed by atoms with Crippen LogP contribution >= 0.6 is 0 Å². The van der Waals surface area contributed by atoms with E-state index in [4.69, 9.17) is 0 Å². The number of carbonyl (C=O) groups is 1. The molecule has 4 nitrogen and oxygen atoms in total. The summed E-state index contributed by atoms with van der Waals surface area (Å²) in [5.41, 5.74) is 1.42. The highest BCUT2D eigenvalue weighted by molar-refractivity contribution is 5.92. The van der Waals surface area contributed by atoms with Gasteiger partial charge in [-0.1, -0.05) is 24.3 Å². The fourth-order valence-electron chi connectivity index (χ4n) is 2.54. The molecule has 0 fully saturated rings. The van der Waals surface area contributed by atoms with Gasteiger partial charge < -0.3 is 9.88 Å². The van der Waals surface area contributed by atoms with Crippen LogP contribution in [0.3, 0.4) is 0 Å². The highest BCUT2D eigenvalue weighted by atomic mass is 19.1. The van der Waals surface area contributed by atoms with Crippen LogP contribution in [0, 0.1) is 11.6 Å². The average molecular weight is 353 g/mol. The summed E-state index contributed by atoms with van der Waals surface area (Å²) in [5, 5.41) is 2.87. The molecule has 0 aliphatic rings. The van der Waals surface area contributed by atoms with Crippen LogP contribution in [-0.2, 0) is 11.8 Å². The number of aryl methyl sites for hydroxylation is 1. The maximum absolute atomic E-state index is 13.2. The fourth-order valence-corrected chi connectivity index (χ4v) is 2.54. The smallest absolute Gasteiger partial charge is 0.244 e. The van der Waals surface area contributed by atoms with Crippen LogP contribution in [-0.4, -0.2) is 15.5 Å². The molecule has 0 radical (unpaired) electrons. The van der Waals surface area contributed by atoms with E-state index in [9.17, 15) is 13.6 Å². The van der Waals surface area contributed by atoms with Gasteiger partial charge in [0.2, 0.25) is 5.91 Å². The van der Waals surface area contributed by atoms with Crippen molar-refractivity contribution in [2.45, 2.75) is 6.04 Å². The minimum absolute atomic E-state index is 0.335. The molecule has 1 amide bonds. The molecular weight excluding hydrogens is 336 g/mol. The molecule has 1 atom stereocenters. The number of halogens is 2. The molecule has 1 N–H and O–H groups in total.